The maximum absolute atomic E-state index is 11.4. The van der Waals surface area contributed by atoms with E-state index in [9.17, 15) is 30.8 Å². The van der Waals surface area contributed by atoms with Gasteiger partial charge in [-0.2, -0.15) is 10.5 Å². The van der Waals surface area contributed by atoms with Gasteiger partial charge in [-0.1, -0.05) is 38.1 Å². The van der Waals surface area contributed by atoms with Crippen molar-refractivity contribution in [1.29, 1.82) is 10.5 Å². The molecular formula is C26H22N4O6. The molecule has 182 valence electrons. The predicted octanol–water partition coefficient (Wildman–Crippen LogP) is 6.41. The SMILES string of the molecule is COc1cc(/C=C/C2=CC(=C(C#N)C#N)CC(C)(C)C2)ccc1Oc1ccc([N+](=O)[O-])cc1[N+](=O)[O-]. The second-order valence-corrected chi connectivity index (χ2v) is 8.87. The number of nitro groups is 2. The number of hydrogen-bond acceptors (Lipinski definition) is 8. The van der Waals surface area contributed by atoms with Crippen LogP contribution in [0.5, 0.6) is 17.2 Å². The van der Waals surface area contributed by atoms with Gasteiger partial charge in [0.25, 0.3) is 5.69 Å². The van der Waals surface area contributed by atoms with Crippen LogP contribution in [-0.4, -0.2) is 17.0 Å². The fourth-order valence-electron chi connectivity index (χ4n) is 3.93. The van der Waals surface area contributed by atoms with E-state index in [0.717, 1.165) is 29.7 Å². The molecule has 1 aliphatic rings. The first-order valence-corrected chi connectivity index (χ1v) is 10.8. The summed E-state index contributed by atoms with van der Waals surface area (Å²) in [6.07, 6.45) is 7.02. The van der Waals surface area contributed by atoms with Gasteiger partial charge >= 0.3 is 5.69 Å². The average Bonchev–Trinajstić information content (AvgIpc) is 2.83. The zero-order valence-electron chi connectivity index (χ0n) is 19.8. The van der Waals surface area contributed by atoms with Crippen LogP contribution in [0, 0.1) is 48.3 Å². The van der Waals surface area contributed by atoms with Gasteiger partial charge in [-0.15, -0.1) is 0 Å². The third kappa shape index (κ3) is 5.93. The summed E-state index contributed by atoms with van der Waals surface area (Å²) in [7, 11) is 1.43. The Balaban J connectivity index is 1.91. The summed E-state index contributed by atoms with van der Waals surface area (Å²) in [6, 6.07) is 12.0. The molecule has 0 amide bonds. The molecule has 10 heteroatoms. The van der Waals surface area contributed by atoms with Crippen molar-refractivity contribution in [3.8, 4) is 29.4 Å². The topological polar surface area (TPSA) is 152 Å². The Morgan fingerprint density at radius 3 is 2.28 bits per heavy atom. The van der Waals surface area contributed by atoms with Crippen molar-refractivity contribution in [3.05, 3.63) is 91.1 Å². The van der Waals surface area contributed by atoms with Crippen molar-refractivity contribution in [2.24, 2.45) is 5.41 Å². The van der Waals surface area contributed by atoms with Crippen molar-refractivity contribution in [1.82, 2.24) is 0 Å². The van der Waals surface area contributed by atoms with E-state index in [1.165, 1.54) is 13.2 Å². The van der Waals surface area contributed by atoms with Gasteiger partial charge in [0.15, 0.2) is 11.5 Å². The fraction of sp³-hybridized carbons (Fsp3) is 0.231. The molecule has 1 aliphatic carbocycles. The van der Waals surface area contributed by atoms with Crippen molar-refractivity contribution in [3.63, 3.8) is 0 Å². The zero-order valence-corrected chi connectivity index (χ0v) is 19.8. The number of benzene rings is 2. The average molecular weight is 486 g/mol. The van der Waals surface area contributed by atoms with Crippen molar-refractivity contribution in [2.75, 3.05) is 7.11 Å². The van der Waals surface area contributed by atoms with Crippen molar-refractivity contribution < 1.29 is 19.3 Å². The number of ether oxygens (including phenoxy) is 2. The molecule has 10 nitrogen and oxygen atoms in total. The molecule has 0 saturated heterocycles. The van der Waals surface area contributed by atoms with Gasteiger partial charge in [0.2, 0.25) is 5.75 Å². The van der Waals surface area contributed by atoms with Gasteiger partial charge in [-0.05, 0) is 53.2 Å². The van der Waals surface area contributed by atoms with Crippen LogP contribution in [0.3, 0.4) is 0 Å². The van der Waals surface area contributed by atoms with E-state index >= 15 is 0 Å². The molecule has 2 aromatic carbocycles. The molecule has 0 heterocycles. The van der Waals surface area contributed by atoms with E-state index < -0.39 is 21.2 Å². The summed E-state index contributed by atoms with van der Waals surface area (Å²) in [5.74, 6) is 0.342. The smallest absolute Gasteiger partial charge is 0.318 e. The van der Waals surface area contributed by atoms with Gasteiger partial charge < -0.3 is 9.47 Å². The van der Waals surface area contributed by atoms with E-state index in [1.807, 2.05) is 30.4 Å². The summed E-state index contributed by atoms with van der Waals surface area (Å²) in [5.41, 5.74) is 1.46. The largest absolute Gasteiger partial charge is 0.493 e. The summed E-state index contributed by atoms with van der Waals surface area (Å²) < 4.78 is 11.1. The second-order valence-electron chi connectivity index (χ2n) is 8.87. The van der Waals surface area contributed by atoms with Crippen LogP contribution < -0.4 is 9.47 Å². The molecule has 0 atom stereocenters. The molecule has 0 aliphatic heterocycles. The van der Waals surface area contributed by atoms with Crippen LogP contribution in [0.4, 0.5) is 11.4 Å². The van der Waals surface area contributed by atoms with Crippen LogP contribution in [0.2, 0.25) is 0 Å². The van der Waals surface area contributed by atoms with E-state index in [1.54, 1.807) is 18.2 Å². The first-order chi connectivity index (χ1) is 17.1. The summed E-state index contributed by atoms with van der Waals surface area (Å²) in [5, 5.41) is 40.8. The van der Waals surface area contributed by atoms with Crippen molar-refractivity contribution >= 4 is 17.5 Å². The minimum atomic E-state index is -0.752. The Kier molecular flexibility index (Phi) is 7.51. The number of allylic oxidation sites excluding steroid dienone is 5. The minimum absolute atomic E-state index is 0.109. The molecular weight excluding hydrogens is 464 g/mol. The number of nitro benzene ring substituents is 2. The lowest BCUT2D eigenvalue weighted by atomic mass is 9.74. The molecule has 0 unspecified atom stereocenters. The lowest BCUT2D eigenvalue weighted by molar-refractivity contribution is -0.394. The van der Waals surface area contributed by atoms with E-state index in [0.29, 0.717) is 17.7 Å². The third-order valence-electron chi connectivity index (χ3n) is 5.50. The molecule has 0 aromatic heterocycles. The third-order valence-corrected chi connectivity index (χ3v) is 5.50. The zero-order chi connectivity index (χ0) is 26.5. The Morgan fingerprint density at radius 2 is 1.67 bits per heavy atom. The highest BCUT2D eigenvalue weighted by molar-refractivity contribution is 5.61. The normalized spacial score (nSPS) is 14.4. The maximum atomic E-state index is 11.4. The molecule has 0 fully saturated rings. The van der Waals surface area contributed by atoms with Gasteiger partial charge in [-0.3, -0.25) is 20.2 Å². The molecule has 0 saturated carbocycles. The van der Waals surface area contributed by atoms with Crippen LogP contribution in [0.25, 0.3) is 6.08 Å². The molecule has 36 heavy (non-hydrogen) atoms. The quantitative estimate of drug-likeness (QED) is 0.247. The fourth-order valence-corrected chi connectivity index (χ4v) is 3.93. The molecule has 0 bridgehead atoms. The first kappa shape index (κ1) is 25.7. The number of hydrogen-bond donors (Lipinski definition) is 0. The number of nitriles is 2. The summed E-state index contributed by atoms with van der Waals surface area (Å²) in [4.78, 5) is 20.9. The van der Waals surface area contributed by atoms with Crippen LogP contribution in [0.1, 0.15) is 32.3 Å². The Labute approximate surface area is 207 Å². The van der Waals surface area contributed by atoms with Gasteiger partial charge in [0.05, 0.1) is 23.0 Å². The summed E-state index contributed by atoms with van der Waals surface area (Å²) >= 11 is 0. The standard InChI is InChI=1S/C26H22N4O6/c1-26(2)13-18(10-19(14-26)20(15-27)16-28)5-4-17-6-8-24(25(11-17)35-3)36-23-9-7-21(29(31)32)12-22(23)30(33)34/h4-12H,13-14H2,1-3H3/b5-4+. The molecule has 0 N–H and O–H groups in total. The Morgan fingerprint density at radius 1 is 0.972 bits per heavy atom. The van der Waals surface area contributed by atoms with Gasteiger partial charge in [0, 0.05) is 6.07 Å². The first-order valence-electron chi connectivity index (χ1n) is 10.8. The van der Waals surface area contributed by atoms with Crippen LogP contribution in [0.15, 0.2) is 65.3 Å². The second kappa shape index (κ2) is 10.5. The molecule has 0 spiro atoms. The number of non-ortho nitro benzene ring substituents is 1. The number of nitrogens with zero attached hydrogens (tertiary/aromatic N) is 4. The lowest BCUT2D eigenvalue weighted by Gasteiger charge is -2.30. The van der Waals surface area contributed by atoms with Gasteiger partial charge in [-0.25, -0.2) is 0 Å². The Hall–Kier alpha value is -4.96. The van der Waals surface area contributed by atoms with E-state index in [-0.39, 0.29) is 22.5 Å². The van der Waals surface area contributed by atoms with Gasteiger partial charge in [0.1, 0.15) is 17.7 Å². The molecule has 2 aromatic rings. The minimum Gasteiger partial charge on any atom is -0.493 e. The number of rotatable bonds is 7. The number of methoxy groups -OCH3 is 1. The maximum Gasteiger partial charge on any atom is 0.318 e. The van der Waals surface area contributed by atoms with E-state index in [4.69, 9.17) is 9.47 Å². The molecule has 3 rings (SSSR count). The molecule has 0 radical (unpaired) electrons. The highest BCUT2D eigenvalue weighted by atomic mass is 16.6. The lowest BCUT2D eigenvalue weighted by Crippen LogP contribution is -2.17. The van der Waals surface area contributed by atoms with E-state index in [2.05, 4.69) is 13.8 Å². The summed E-state index contributed by atoms with van der Waals surface area (Å²) in [6.45, 7) is 4.15. The predicted molar refractivity (Wildman–Crippen MR) is 131 cm³/mol. The van der Waals surface area contributed by atoms with Crippen LogP contribution in [-0.2, 0) is 0 Å². The highest BCUT2D eigenvalue weighted by Crippen LogP contribution is 2.41. The van der Waals surface area contributed by atoms with Crippen LogP contribution >= 0.6 is 0 Å². The monoisotopic (exact) mass is 486 g/mol. The Bertz CT molecular complexity index is 1390. The van der Waals surface area contributed by atoms with Crippen molar-refractivity contribution in [2.45, 2.75) is 26.7 Å². The highest BCUT2D eigenvalue weighted by Gasteiger charge is 2.26.